The third-order valence-corrected chi connectivity index (χ3v) is 8.33. The third-order valence-electron chi connectivity index (χ3n) is 8.33. The molecule has 0 radical (unpaired) electrons. The highest BCUT2D eigenvalue weighted by atomic mass is 16.5. The number of hydrogen-bond donors (Lipinski definition) is 1. The molecule has 1 N–H and O–H groups in total. The zero-order chi connectivity index (χ0) is 27.2. The molecule has 0 saturated heterocycles. The molecule has 2 aromatic rings. The zero-order valence-electron chi connectivity index (χ0n) is 23.2. The van der Waals surface area contributed by atoms with Crippen LogP contribution in [0.2, 0.25) is 0 Å². The van der Waals surface area contributed by atoms with E-state index >= 15 is 0 Å². The fourth-order valence-electron chi connectivity index (χ4n) is 6.10. The number of methoxy groups -OCH3 is 1. The van der Waals surface area contributed by atoms with Gasteiger partial charge in [-0.15, -0.1) is 0 Å². The summed E-state index contributed by atoms with van der Waals surface area (Å²) in [6, 6.07) is 9.79. The van der Waals surface area contributed by atoms with Gasteiger partial charge in [0.05, 0.1) is 24.8 Å². The second-order valence-corrected chi connectivity index (χ2v) is 11.0. The molecule has 1 aromatic heterocycles. The van der Waals surface area contributed by atoms with Crippen molar-refractivity contribution in [2.24, 2.45) is 27.7 Å². The van der Waals surface area contributed by atoms with E-state index in [4.69, 9.17) is 9.47 Å². The molecule has 2 heterocycles. The van der Waals surface area contributed by atoms with Gasteiger partial charge in [-0.25, -0.2) is 4.98 Å². The molecule has 1 aromatic carbocycles. The number of aliphatic imine (C=N–C) groups is 2. The normalized spacial score (nSPS) is 28.3. The van der Waals surface area contributed by atoms with Crippen molar-refractivity contribution in [1.82, 2.24) is 4.98 Å². The van der Waals surface area contributed by atoms with Crippen molar-refractivity contribution in [2.75, 3.05) is 13.7 Å². The number of hydrogen-bond acceptors (Lipinski definition) is 7. The maximum atomic E-state index is 13.8. The molecule has 1 aliphatic heterocycles. The monoisotopic (exact) mass is 519 g/mol. The summed E-state index contributed by atoms with van der Waals surface area (Å²) >= 11 is 0. The van der Waals surface area contributed by atoms with Crippen LogP contribution >= 0.6 is 0 Å². The van der Waals surface area contributed by atoms with Crippen molar-refractivity contribution >= 4 is 18.2 Å². The lowest BCUT2D eigenvalue weighted by molar-refractivity contribution is 0.0907. The summed E-state index contributed by atoms with van der Waals surface area (Å²) in [4.78, 5) is 27.2. The van der Waals surface area contributed by atoms with E-state index in [1.807, 2.05) is 18.2 Å². The summed E-state index contributed by atoms with van der Waals surface area (Å²) < 4.78 is 11.8. The van der Waals surface area contributed by atoms with Gasteiger partial charge in [-0.1, -0.05) is 38.1 Å². The standard InChI is InChI=1S/C31H41N3O4/c1-19-10-11-23(38-31-30(22(4)35)29(37-5)12-13-34-31)16-20(2)26(19)17-28(36)25-9-7-6-8-24(25)27-18-32-14-15-33-21(27)3/h6-9,12-15,19-23,26-27,35H,10-11,16-18H2,1-5H3. The average Bonchev–Trinajstić information content (AvgIpc) is 3.20. The number of aliphatic hydroxyl groups excluding tert-OH is 1. The molecule has 0 amide bonds. The van der Waals surface area contributed by atoms with Crippen LogP contribution in [0, 0.1) is 17.8 Å². The smallest absolute Gasteiger partial charge is 0.223 e. The van der Waals surface area contributed by atoms with E-state index in [1.165, 1.54) is 0 Å². The van der Waals surface area contributed by atoms with Gasteiger partial charge in [0.25, 0.3) is 0 Å². The Morgan fingerprint density at radius 3 is 2.66 bits per heavy atom. The van der Waals surface area contributed by atoms with Crippen LogP contribution in [0.15, 0.2) is 46.5 Å². The summed E-state index contributed by atoms with van der Waals surface area (Å²) in [6.45, 7) is 8.90. The van der Waals surface area contributed by atoms with E-state index in [9.17, 15) is 9.90 Å². The Morgan fingerprint density at radius 1 is 1.11 bits per heavy atom. The first-order valence-electron chi connectivity index (χ1n) is 13.8. The van der Waals surface area contributed by atoms with Crippen LogP contribution in [0.25, 0.3) is 0 Å². The molecule has 1 aliphatic carbocycles. The topological polar surface area (TPSA) is 93.4 Å². The Balaban J connectivity index is 1.50. The molecular formula is C31H41N3O4. The summed E-state index contributed by atoms with van der Waals surface area (Å²) in [7, 11) is 1.58. The molecule has 0 bridgehead atoms. The largest absolute Gasteiger partial charge is 0.496 e. The first kappa shape index (κ1) is 28.0. The van der Waals surface area contributed by atoms with Gasteiger partial charge in [-0.2, -0.15) is 0 Å². The van der Waals surface area contributed by atoms with E-state index in [0.717, 1.165) is 30.4 Å². The highest BCUT2D eigenvalue weighted by Crippen LogP contribution is 2.40. The van der Waals surface area contributed by atoms with Crippen molar-refractivity contribution in [3.8, 4) is 11.6 Å². The lowest BCUT2D eigenvalue weighted by Gasteiger charge is -2.28. The number of benzene rings is 1. The van der Waals surface area contributed by atoms with Gasteiger partial charge in [0.2, 0.25) is 5.88 Å². The minimum atomic E-state index is -0.756. The van der Waals surface area contributed by atoms with Crippen LogP contribution in [0.4, 0.5) is 0 Å². The van der Waals surface area contributed by atoms with Crippen LogP contribution < -0.4 is 9.47 Å². The summed E-state index contributed by atoms with van der Waals surface area (Å²) in [5.74, 6) is 2.21. The number of ether oxygens (including phenoxy) is 2. The fraction of sp³-hybridized carbons (Fsp3) is 0.548. The maximum Gasteiger partial charge on any atom is 0.223 e. The summed E-state index contributed by atoms with van der Waals surface area (Å²) in [5, 5.41) is 10.3. The molecule has 7 heteroatoms. The highest BCUT2D eigenvalue weighted by Gasteiger charge is 2.34. The Kier molecular flexibility index (Phi) is 9.31. The molecule has 7 unspecified atom stereocenters. The number of Topliss-reactive ketones (excluding diaryl/α,β-unsaturated/α-hetero) is 1. The number of nitrogens with zero attached hydrogens (tertiary/aromatic N) is 3. The van der Waals surface area contributed by atoms with Gasteiger partial charge in [0, 0.05) is 43.1 Å². The molecule has 2 aliphatic rings. The second-order valence-electron chi connectivity index (χ2n) is 11.0. The van der Waals surface area contributed by atoms with Crippen LogP contribution in [0.1, 0.15) is 86.9 Å². The first-order valence-corrected chi connectivity index (χ1v) is 13.8. The van der Waals surface area contributed by atoms with E-state index in [0.29, 0.717) is 42.0 Å². The van der Waals surface area contributed by atoms with Crippen LogP contribution in [0.3, 0.4) is 0 Å². The van der Waals surface area contributed by atoms with E-state index in [2.05, 4.69) is 41.8 Å². The van der Waals surface area contributed by atoms with Gasteiger partial charge in [-0.3, -0.25) is 14.8 Å². The zero-order valence-corrected chi connectivity index (χ0v) is 23.2. The van der Waals surface area contributed by atoms with Crippen LogP contribution in [-0.4, -0.2) is 54.1 Å². The van der Waals surface area contributed by atoms with Crippen molar-refractivity contribution < 1.29 is 19.4 Å². The van der Waals surface area contributed by atoms with Gasteiger partial charge in [-0.05, 0) is 62.5 Å². The summed E-state index contributed by atoms with van der Waals surface area (Å²) in [5.41, 5.74) is 2.42. The number of rotatable bonds is 8. The Morgan fingerprint density at radius 2 is 1.89 bits per heavy atom. The van der Waals surface area contributed by atoms with Crippen molar-refractivity contribution in [3.63, 3.8) is 0 Å². The Labute approximate surface area is 226 Å². The number of aliphatic hydroxyl groups is 1. The van der Waals surface area contributed by atoms with E-state index in [1.54, 1.807) is 38.7 Å². The molecular weight excluding hydrogens is 478 g/mol. The van der Waals surface area contributed by atoms with Gasteiger partial charge >= 0.3 is 0 Å². The Hall–Kier alpha value is -3.06. The fourth-order valence-corrected chi connectivity index (χ4v) is 6.10. The minimum absolute atomic E-state index is 0.0421. The predicted octanol–water partition coefficient (Wildman–Crippen LogP) is 5.86. The first-order chi connectivity index (χ1) is 18.3. The summed E-state index contributed by atoms with van der Waals surface area (Å²) in [6.07, 6.45) is 7.53. The number of aromatic nitrogens is 1. The lowest BCUT2D eigenvalue weighted by Crippen LogP contribution is -2.25. The minimum Gasteiger partial charge on any atom is -0.496 e. The number of carbonyl (C=O) groups is 1. The predicted molar refractivity (Wildman–Crippen MR) is 151 cm³/mol. The molecule has 204 valence electrons. The molecule has 0 spiro atoms. The van der Waals surface area contributed by atoms with Crippen molar-refractivity contribution in [1.29, 1.82) is 0 Å². The quantitative estimate of drug-likeness (QED) is 0.348. The Bertz CT molecular complexity index is 1160. The van der Waals surface area contributed by atoms with Gasteiger partial charge in [0.15, 0.2) is 5.78 Å². The number of pyridine rings is 1. The van der Waals surface area contributed by atoms with Gasteiger partial charge < -0.3 is 14.6 Å². The molecule has 7 atom stereocenters. The van der Waals surface area contributed by atoms with Crippen LogP contribution in [-0.2, 0) is 0 Å². The van der Waals surface area contributed by atoms with E-state index < -0.39 is 6.10 Å². The number of carbonyl (C=O) groups excluding carboxylic acids is 1. The lowest BCUT2D eigenvalue weighted by atomic mass is 9.77. The highest BCUT2D eigenvalue weighted by molar-refractivity contribution is 6.16. The molecule has 7 nitrogen and oxygen atoms in total. The maximum absolute atomic E-state index is 13.8. The molecule has 4 rings (SSSR count). The van der Waals surface area contributed by atoms with Gasteiger partial charge in [0.1, 0.15) is 11.9 Å². The molecule has 1 fully saturated rings. The number of ketones is 1. The molecule has 1 saturated carbocycles. The van der Waals surface area contributed by atoms with Crippen LogP contribution in [0.5, 0.6) is 11.6 Å². The second kappa shape index (κ2) is 12.7. The third kappa shape index (κ3) is 6.32. The van der Waals surface area contributed by atoms with E-state index in [-0.39, 0.29) is 29.8 Å². The average molecular weight is 520 g/mol. The molecule has 38 heavy (non-hydrogen) atoms. The van der Waals surface area contributed by atoms with Crippen molar-refractivity contribution in [3.05, 3.63) is 53.2 Å². The SMILES string of the molecule is COc1ccnc(OC2CCC(C)C(CC(=O)c3ccccc3C3CN=CC=NC3C)C(C)C2)c1C(C)O. The van der Waals surface area contributed by atoms with Crippen molar-refractivity contribution in [2.45, 2.75) is 77.5 Å².